The number of halogens is 1. The van der Waals surface area contributed by atoms with Crippen molar-refractivity contribution in [2.24, 2.45) is 5.10 Å². The maximum atomic E-state index is 12.2. The number of hydrogen-bond acceptors (Lipinski definition) is 5. The van der Waals surface area contributed by atoms with Crippen LogP contribution in [0.25, 0.3) is 16.2 Å². The number of aryl methyl sites for hydroxylation is 2. The van der Waals surface area contributed by atoms with Crippen molar-refractivity contribution >= 4 is 51.4 Å². The molecule has 0 fully saturated rings. The molecule has 8 heteroatoms. The van der Waals surface area contributed by atoms with E-state index in [1.807, 2.05) is 35.7 Å². The first kappa shape index (κ1) is 18.5. The number of fused-ring (bicyclic) bond motifs is 3. The Balaban J connectivity index is 1.57. The van der Waals surface area contributed by atoms with Gasteiger partial charge in [0.05, 0.1) is 22.5 Å². The van der Waals surface area contributed by atoms with Crippen LogP contribution in [0.15, 0.2) is 46.9 Å². The molecule has 0 unspecified atom stereocenters. The fourth-order valence-corrected chi connectivity index (χ4v) is 5.57. The molecular weight excluding hydrogens is 424 g/mol. The number of benzene rings is 1. The summed E-state index contributed by atoms with van der Waals surface area (Å²) in [4.78, 5) is 20.1. The SMILES string of the molecule is O=C(NN=Cc1c(-c2ccc(Cl)cc2)nc2sc3c(n12)CCCC3)c1cccs1. The summed E-state index contributed by atoms with van der Waals surface area (Å²) in [6.45, 7) is 0. The van der Waals surface area contributed by atoms with Crippen LogP contribution in [0.4, 0.5) is 0 Å². The van der Waals surface area contributed by atoms with Gasteiger partial charge in [0.1, 0.15) is 0 Å². The van der Waals surface area contributed by atoms with Crippen LogP contribution in [0, 0.1) is 0 Å². The van der Waals surface area contributed by atoms with Crippen molar-refractivity contribution in [1.29, 1.82) is 0 Å². The molecule has 0 spiro atoms. The maximum Gasteiger partial charge on any atom is 0.281 e. The first-order chi connectivity index (χ1) is 14.2. The van der Waals surface area contributed by atoms with Crippen molar-refractivity contribution in [3.63, 3.8) is 0 Å². The lowest BCUT2D eigenvalue weighted by Gasteiger charge is -2.11. The number of rotatable bonds is 4. The molecule has 0 atom stereocenters. The minimum absolute atomic E-state index is 0.211. The molecule has 0 aliphatic heterocycles. The number of hydrogen-bond donors (Lipinski definition) is 1. The molecule has 3 aromatic heterocycles. The molecule has 5 rings (SSSR count). The third kappa shape index (κ3) is 3.50. The standard InChI is InChI=1S/C21H17ClN4OS2/c22-14-9-7-13(8-10-14)19-16(12-23-25-20(27)18-6-3-11-28-18)26-15-4-1-2-5-17(15)29-21(26)24-19/h3,6-12H,1-2,4-5H2,(H,25,27). The van der Waals surface area contributed by atoms with Crippen molar-refractivity contribution in [2.45, 2.75) is 25.7 Å². The number of imidazole rings is 1. The van der Waals surface area contributed by atoms with E-state index in [4.69, 9.17) is 16.6 Å². The first-order valence-electron chi connectivity index (χ1n) is 9.36. The highest BCUT2D eigenvalue weighted by atomic mass is 35.5. The Labute approximate surface area is 180 Å². The zero-order valence-electron chi connectivity index (χ0n) is 15.4. The topological polar surface area (TPSA) is 58.8 Å². The third-order valence-corrected chi connectivity index (χ3v) is 7.23. The number of nitrogens with zero attached hydrogens (tertiary/aromatic N) is 3. The van der Waals surface area contributed by atoms with E-state index in [0.29, 0.717) is 9.90 Å². The molecule has 4 aromatic rings. The zero-order valence-corrected chi connectivity index (χ0v) is 17.8. The summed E-state index contributed by atoms with van der Waals surface area (Å²) in [5, 5.41) is 6.81. The Bertz CT molecular complexity index is 1210. The van der Waals surface area contributed by atoms with Gasteiger partial charge in [-0.3, -0.25) is 9.20 Å². The quantitative estimate of drug-likeness (QED) is 0.340. The van der Waals surface area contributed by atoms with Crippen molar-refractivity contribution < 1.29 is 4.79 Å². The molecule has 146 valence electrons. The number of nitrogens with one attached hydrogen (secondary N) is 1. The molecular formula is C21H17ClN4OS2. The largest absolute Gasteiger partial charge is 0.285 e. The van der Waals surface area contributed by atoms with Gasteiger partial charge < -0.3 is 0 Å². The summed E-state index contributed by atoms with van der Waals surface area (Å²) in [6.07, 6.45) is 6.25. The second kappa shape index (κ2) is 7.74. The van der Waals surface area contributed by atoms with Gasteiger partial charge in [-0.15, -0.1) is 22.7 Å². The number of amides is 1. The minimum Gasteiger partial charge on any atom is -0.285 e. The van der Waals surface area contributed by atoms with Crippen molar-refractivity contribution in [1.82, 2.24) is 14.8 Å². The highest BCUT2D eigenvalue weighted by Crippen LogP contribution is 2.34. The number of carbonyl (C=O) groups is 1. The monoisotopic (exact) mass is 440 g/mol. The van der Waals surface area contributed by atoms with Gasteiger partial charge in [0.15, 0.2) is 4.96 Å². The smallest absolute Gasteiger partial charge is 0.281 e. The molecule has 1 aliphatic rings. The summed E-state index contributed by atoms with van der Waals surface area (Å²) in [5.74, 6) is -0.211. The Morgan fingerprint density at radius 2 is 2.03 bits per heavy atom. The Morgan fingerprint density at radius 3 is 2.83 bits per heavy atom. The molecule has 0 saturated heterocycles. The highest BCUT2D eigenvalue weighted by molar-refractivity contribution is 7.17. The summed E-state index contributed by atoms with van der Waals surface area (Å²) < 4.78 is 2.20. The summed E-state index contributed by atoms with van der Waals surface area (Å²) in [7, 11) is 0. The van der Waals surface area contributed by atoms with Crippen LogP contribution in [-0.2, 0) is 12.8 Å². The average molecular weight is 441 g/mol. The van der Waals surface area contributed by atoms with Crippen molar-refractivity contribution in [3.05, 3.63) is 67.9 Å². The number of carbonyl (C=O) groups excluding carboxylic acids is 1. The normalized spacial score (nSPS) is 13.8. The van der Waals surface area contributed by atoms with E-state index in [0.717, 1.165) is 34.8 Å². The van der Waals surface area contributed by atoms with E-state index < -0.39 is 0 Å². The molecule has 1 aromatic carbocycles. The summed E-state index contributed by atoms with van der Waals surface area (Å²) in [5.41, 5.74) is 6.64. The van der Waals surface area contributed by atoms with Gasteiger partial charge in [-0.25, -0.2) is 10.4 Å². The van der Waals surface area contributed by atoms with Gasteiger partial charge in [0.25, 0.3) is 5.91 Å². The second-order valence-corrected chi connectivity index (χ2v) is 9.27. The number of thiazole rings is 1. The van der Waals surface area contributed by atoms with Crippen LogP contribution in [0.5, 0.6) is 0 Å². The molecule has 0 radical (unpaired) electrons. The molecule has 1 N–H and O–H groups in total. The van der Waals surface area contributed by atoms with Crippen LogP contribution in [-0.4, -0.2) is 21.5 Å². The van der Waals surface area contributed by atoms with Crippen molar-refractivity contribution in [3.8, 4) is 11.3 Å². The molecule has 1 amide bonds. The van der Waals surface area contributed by atoms with Crippen LogP contribution in [0.3, 0.4) is 0 Å². The zero-order chi connectivity index (χ0) is 19.8. The Kier molecular flexibility index (Phi) is 4.95. The fourth-order valence-electron chi connectivity index (χ4n) is 3.61. The fraction of sp³-hybridized carbons (Fsp3) is 0.190. The predicted molar refractivity (Wildman–Crippen MR) is 120 cm³/mol. The van der Waals surface area contributed by atoms with E-state index in [-0.39, 0.29) is 5.91 Å². The second-order valence-electron chi connectivity index (χ2n) is 6.83. The lowest BCUT2D eigenvalue weighted by molar-refractivity contribution is 0.0959. The number of aromatic nitrogens is 2. The van der Waals surface area contributed by atoms with Crippen LogP contribution in [0.2, 0.25) is 5.02 Å². The van der Waals surface area contributed by atoms with Gasteiger partial charge in [-0.05, 0) is 49.3 Å². The molecule has 29 heavy (non-hydrogen) atoms. The van der Waals surface area contributed by atoms with E-state index in [1.165, 1.54) is 34.7 Å². The highest BCUT2D eigenvalue weighted by Gasteiger charge is 2.22. The van der Waals surface area contributed by atoms with Crippen LogP contribution < -0.4 is 5.43 Å². The van der Waals surface area contributed by atoms with Crippen LogP contribution in [0.1, 0.15) is 38.8 Å². The van der Waals surface area contributed by atoms with Gasteiger partial charge in [-0.1, -0.05) is 29.8 Å². The van der Waals surface area contributed by atoms with Gasteiger partial charge in [-0.2, -0.15) is 5.10 Å². The maximum absolute atomic E-state index is 12.2. The molecule has 5 nitrogen and oxygen atoms in total. The van der Waals surface area contributed by atoms with E-state index in [2.05, 4.69) is 14.9 Å². The molecule has 0 saturated carbocycles. The Morgan fingerprint density at radius 1 is 1.21 bits per heavy atom. The minimum atomic E-state index is -0.211. The predicted octanol–water partition coefficient (Wildman–Crippen LogP) is 5.42. The summed E-state index contributed by atoms with van der Waals surface area (Å²) >= 11 is 9.20. The third-order valence-electron chi connectivity index (χ3n) is 4.97. The van der Waals surface area contributed by atoms with Crippen molar-refractivity contribution in [2.75, 3.05) is 0 Å². The molecule has 0 bridgehead atoms. The molecule has 1 aliphatic carbocycles. The van der Waals surface area contributed by atoms with Gasteiger partial charge in [0.2, 0.25) is 0 Å². The average Bonchev–Trinajstić information content (AvgIpc) is 3.45. The van der Waals surface area contributed by atoms with E-state index in [9.17, 15) is 4.79 Å². The van der Waals surface area contributed by atoms with Gasteiger partial charge >= 0.3 is 0 Å². The lowest BCUT2D eigenvalue weighted by Crippen LogP contribution is -2.16. The first-order valence-corrected chi connectivity index (χ1v) is 11.4. The van der Waals surface area contributed by atoms with Gasteiger partial charge in [0, 0.05) is 21.2 Å². The lowest BCUT2D eigenvalue weighted by atomic mass is 10.0. The van der Waals surface area contributed by atoms with E-state index >= 15 is 0 Å². The molecule has 3 heterocycles. The number of thiophene rings is 1. The number of hydrazone groups is 1. The van der Waals surface area contributed by atoms with E-state index in [1.54, 1.807) is 23.6 Å². The summed E-state index contributed by atoms with van der Waals surface area (Å²) in [6, 6.07) is 11.3. The Hall–Kier alpha value is -2.48. The van der Waals surface area contributed by atoms with Crippen LogP contribution >= 0.6 is 34.3 Å².